The Bertz CT molecular complexity index is 411. The van der Waals surface area contributed by atoms with Crippen LogP contribution in [0.1, 0.15) is 22.8 Å². The van der Waals surface area contributed by atoms with Crippen LogP contribution in [-0.4, -0.2) is 50.2 Å². The van der Waals surface area contributed by atoms with Crippen molar-refractivity contribution in [2.24, 2.45) is 0 Å². The van der Waals surface area contributed by atoms with Crippen molar-refractivity contribution in [1.82, 2.24) is 10.2 Å². The molecule has 2 rings (SSSR count). The Morgan fingerprint density at radius 3 is 2.53 bits per heavy atom. The number of rotatable bonds is 4. The SMILES string of the molecule is COC(=O)c1ccc(CC(C)N2CCNCC2)cc1. The van der Waals surface area contributed by atoms with Gasteiger partial charge >= 0.3 is 5.97 Å². The van der Waals surface area contributed by atoms with Gasteiger partial charge < -0.3 is 10.1 Å². The predicted octanol–water partition coefficient (Wildman–Crippen LogP) is 1.31. The molecule has 104 valence electrons. The number of carbonyl (C=O) groups excluding carboxylic acids is 1. The van der Waals surface area contributed by atoms with Crippen LogP contribution in [0.15, 0.2) is 24.3 Å². The van der Waals surface area contributed by atoms with Crippen molar-refractivity contribution >= 4 is 5.97 Å². The van der Waals surface area contributed by atoms with Crippen LogP contribution in [0.4, 0.5) is 0 Å². The van der Waals surface area contributed by atoms with Crippen LogP contribution in [0.25, 0.3) is 0 Å². The highest BCUT2D eigenvalue weighted by Gasteiger charge is 2.16. The van der Waals surface area contributed by atoms with Gasteiger partial charge in [0.25, 0.3) is 0 Å². The van der Waals surface area contributed by atoms with E-state index in [2.05, 4.69) is 17.1 Å². The Balaban J connectivity index is 1.93. The van der Waals surface area contributed by atoms with Gasteiger partial charge in [-0.3, -0.25) is 4.90 Å². The number of nitrogens with one attached hydrogen (secondary N) is 1. The lowest BCUT2D eigenvalue weighted by Crippen LogP contribution is -2.48. The Hall–Kier alpha value is -1.39. The van der Waals surface area contributed by atoms with Gasteiger partial charge in [-0.25, -0.2) is 4.79 Å². The molecule has 0 spiro atoms. The Labute approximate surface area is 114 Å². The summed E-state index contributed by atoms with van der Waals surface area (Å²) in [4.78, 5) is 13.9. The molecule has 4 nitrogen and oxygen atoms in total. The van der Waals surface area contributed by atoms with E-state index in [0.29, 0.717) is 11.6 Å². The lowest BCUT2D eigenvalue weighted by Gasteiger charge is -2.32. The minimum absolute atomic E-state index is 0.276. The Kier molecular flexibility index (Phi) is 4.93. The topological polar surface area (TPSA) is 41.6 Å². The maximum atomic E-state index is 11.4. The van der Waals surface area contributed by atoms with Crippen molar-refractivity contribution in [2.75, 3.05) is 33.3 Å². The molecule has 1 atom stereocenters. The van der Waals surface area contributed by atoms with Crippen LogP contribution in [0.3, 0.4) is 0 Å². The number of piperazine rings is 1. The first kappa shape index (κ1) is 14.0. The van der Waals surface area contributed by atoms with Crippen LogP contribution < -0.4 is 5.32 Å². The zero-order chi connectivity index (χ0) is 13.7. The molecule has 1 aromatic carbocycles. The van der Waals surface area contributed by atoms with Crippen LogP contribution in [-0.2, 0) is 11.2 Å². The molecule has 4 heteroatoms. The molecule has 1 aliphatic rings. The lowest BCUT2D eigenvalue weighted by molar-refractivity contribution is 0.0600. The van der Waals surface area contributed by atoms with E-state index in [4.69, 9.17) is 4.74 Å². The monoisotopic (exact) mass is 262 g/mol. The van der Waals surface area contributed by atoms with Gasteiger partial charge in [0.15, 0.2) is 0 Å². The van der Waals surface area contributed by atoms with Crippen LogP contribution in [0.2, 0.25) is 0 Å². The smallest absolute Gasteiger partial charge is 0.337 e. The number of hydrogen-bond acceptors (Lipinski definition) is 4. The number of methoxy groups -OCH3 is 1. The fraction of sp³-hybridized carbons (Fsp3) is 0.533. The minimum Gasteiger partial charge on any atom is -0.465 e. The molecule has 1 fully saturated rings. The summed E-state index contributed by atoms with van der Waals surface area (Å²) in [6.45, 7) is 6.64. The average molecular weight is 262 g/mol. The number of nitrogens with zero attached hydrogens (tertiary/aromatic N) is 1. The van der Waals surface area contributed by atoms with Crippen molar-refractivity contribution < 1.29 is 9.53 Å². The summed E-state index contributed by atoms with van der Waals surface area (Å²) >= 11 is 0. The molecule has 1 heterocycles. The van der Waals surface area contributed by atoms with Crippen LogP contribution in [0, 0.1) is 0 Å². The van der Waals surface area contributed by atoms with E-state index in [-0.39, 0.29) is 5.97 Å². The molecule has 1 aliphatic heterocycles. The van der Waals surface area contributed by atoms with E-state index in [1.165, 1.54) is 12.7 Å². The fourth-order valence-corrected chi connectivity index (χ4v) is 2.49. The van der Waals surface area contributed by atoms with E-state index >= 15 is 0 Å². The normalized spacial score (nSPS) is 18.0. The Morgan fingerprint density at radius 2 is 1.95 bits per heavy atom. The van der Waals surface area contributed by atoms with Gasteiger partial charge in [-0.05, 0) is 31.0 Å². The Morgan fingerprint density at radius 1 is 1.32 bits per heavy atom. The van der Waals surface area contributed by atoms with Gasteiger partial charge in [0, 0.05) is 32.2 Å². The van der Waals surface area contributed by atoms with Crippen molar-refractivity contribution in [3.05, 3.63) is 35.4 Å². The third kappa shape index (κ3) is 3.78. The number of ether oxygens (including phenoxy) is 1. The van der Waals surface area contributed by atoms with Gasteiger partial charge in [0.1, 0.15) is 0 Å². The summed E-state index contributed by atoms with van der Waals surface area (Å²) in [6, 6.07) is 8.25. The summed E-state index contributed by atoms with van der Waals surface area (Å²) in [5.74, 6) is -0.276. The number of esters is 1. The molecule has 0 saturated carbocycles. The zero-order valence-electron chi connectivity index (χ0n) is 11.7. The minimum atomic E-state index is -0.276. The lowest BCUT2D eigenvalue weighted by atomic mass is 10.0. The molecule has 1 N–H and O–H groups in total. The van der Waals surface area contributed by atoms with E-state index in [0.717, 1.165) is 32.6 Å². The molecule has 0 radical (unpaired) electrons. The second kappa shape index (κ2) is 6.68. The molecule has 19 heavy (non-hydrogen) atoms. The highest BCUT2D eigenvalue weighted by Crippen LogP contribution is 2.11. The predicted molar refractivity (Wildman–Crippen MR) is 75.4 cm³/mol. The summed E-state index contributed by atoms with van der Waals surface area (Å²) in [5, 5.41) is 3.37. The van der Waals surface area contributed by atoms with E-state index in [1.807, 2.05) is 24.3 Å². The average Bonchev–Trinajstić information content (AvgIpc) is 2.48. The third-order valence-corrected chi connectivity index (χ3v) is 3.68. The van der Waals surface area contributed by atoms with Crippen molar-refractivity contribution in [3.63, 3.8) is 0 Å². The molecule has 0 aliphatic carbocycles. The molecular formula is C15H22N2O2. The summed E-state index contributed by atoms with van der Waals surface area (Å²) in [5.41, 5.74) is 1.87. The molecule has 1 aromatic rings. The summed E-state index contributed by atoms with van der Waals surface area (Å²) in [7, 11) is 1.41. The fourth-order valence-electron chi connectivity index (χ4n) is 2.49. The summed E-state index contributed by atoms with van der Waals surface area (Å²) in [6.07, 6.45) is 1.02. The first-order chi connectivity index (χ1) is 9.20. The number of hydrogen-bond donors (Lipinski definition) is 1. The molecule has 1 saturated heterocycles. The number of benzene rings is 1. The van der Waals surface area contributed by atoms with E-state index in [1.54, 1.807) is 0 Å². The number of carbonyl (C=O) groups is 1. The molecular weight excluding hydrogens is 240 g/mol. The highest BCUT2D eigenvalue weighted by molar-refractivity contribution is 5.89. The molecule has 0 bridgehead atoms. The van der Waals surface area contributed by atoms with Gasteiger partial charge in [-0.15, -0.1) is 0 Å². The highest BCUT2D eigenvalue weighted by atomic mass is 16.5. The van der Waals surface area contributed by atoms with Crippen LogP contribution >= 0.6 is 0 Å². The third-order valence-electron chi connectivity index (χ3n) is 3.68. The molecule has 1 unspecified atom stereocenters. The van der Waals surface area contributed by atoms with Gasteiger partial charge in [-0.2, -0.15) is 0 Å². The standard InChI is InChI=1S/C15H22N2O2/c1-12(17-9-7-16-8-10-17)11-13-3-5-14(6-4-13)15(18)19-2/h3-6,12,16H,7-11H2,1-2H3. The van der Waals surface area contributed by atoms with E-state index in [9.17, 15) is 4.79 Å². The first-order valence-corrected chi connectivity index (χ1v) is 6.82. The van der Waals surface area contributed by atoms with Gasteiger partial charge in [0.2, 0.25) is 0 Å². The van der Waals surface area contributed by atoms with E-state index < -0.39 is 0 Å². The molecule has 0 amide bonds. The largest absolute Gasteiger partial charge is 0.465 e. The van der Waals surface area contributed by atoms with Crippen molar-refractivity contribution in [1.29, 1.82) is 0 Å². The second-order valence-corrected chi connectivity index (χ2v) is 5.03. The molecule has 0 aromatic heterocycles. The zero-order valence-corrected chi connectivity index (χ0v) is 11.7. The quantitative estimate of drug-likeness (QED) is 0.831. The maximum Gasteiger partial charge on any atom is 0.337 e. The first-order valence-electron chi connectivity index (χ1n) is 6.82. The summed E-state index contributed by atoms with van der Waals surface area (Å²) < 4.78 is 4.70. The van der Waals surface area contributed by atoms with Crippen molar-refractivity contribution in [2.45, 2.75) is 19.4 Å². The van der Waals surface area contributed by atoms with Crippen molar-refractivity contribution in [3.8, 4) is 0 Å². The second-order valence-electron chi connectivity index (χ2n) is 5.03. The van der Waals surface area contributed by atoms with Gasteiger partial charge in [-0.1, -0.05) is 12.1 Å². The van der Waals surface area contributed by atoms with Crippen LogP contribution in [0.5, 0.6) is 0 Å². The maximum absolute atomic E-state index is 11.4. The van der Waals surface area contributed by atoms with Gasteiger partial charge in [0.05, 0.1) is 12.7 Å².